The highest BCUT2D eigenvalue weighted by molar-refractivity contribution is 7.84. The summed E-state index contributed by atoms with van der Waals surface area (Å²) in [6.07, 6.45) is 3.69. The van der Waals surface area contributed by atoms with Gasteiger partial charge in [0.15, 0.2) is 0 Å². The highest BCUT2D eigenvalue weighted by atomic mass is 32.2. The van der Waals surface area contributed by atoms with Gasteiger partial charge >= 0.3 is 0 Å². The molecule has 134 valence electrons. The monoisotopic (exact) mass is 358 g/mol. The first-order valence-corrected chi connectivity index (χ1v) is 10.1. The molecule has 2 aromatic rings. The Balaban J connectivity index is 1.55. The Labute approximate surface area is 152 Å². The van der Waals surface area contributed by atoms with Gasteiger partial charge < -0.3 is 4.74 Å². The summed E-state index contributed by atoms with van der Waals surface area (Å²) in [7, 11) is -1.04. The van der Waals surface area contributed by atoms with Crippen molar-refractivity contribution < 1.29 is 8.95 Å². The maximum atomic E-state index is 11.4. The molecular formula is C20H26N2O2S. The number of likely N-dealkylation sites (tertiary alicyclic amines) is 1. The van der Waals surface area contributed by atoms with Crippen molar-refractivity contribution in [2.75, 3.05) is 25.9 Å². The summed E-state index contributed by atoms with van der Waals surface area (Å²) in [5.41, 5.74) is 2.43. The Kier molecular flexibility index (Phi) is 5.25. The third-order valence-electron chi connectivity index (χ3n) is 4.14. The van der Waals surface area contributed by atoms with Crippen molar-refractivity contribution in [3.8, 4) is 16.9 Å². The van der Waals surface area contributed by atoms with Gasteiger partial charge in [-0.15, -0.1) is 0 Å². The van der Waals surface area contributed by atoms with Gasteiger partial charge in [-0.25, -0.2) is 4.98 Å². The fraction of sp³-hybridized carbons (Fsp3) is 0.450. The van der Waals surface area contributed by atoms with Gasteiger partial charge in [0.25, 0.3) is 0 Å². The molecule has 0 saturated carbocycles. The number of hydrogen-bond acceptors (Lipinski definition) is 4. The second kappa shape index (κ2) is 7.26. The zero-order valence-corrected chi connectivity index (χ0v) is 16.2. The van der Waals surface area contributed by atoms with Crippen LogP contribution in [0.1, 0.15) is 20.8 Å². The third kappa shape index (κ3) is 4.89. The lowest BCUT2D eigenvalue weighted by Gasteiger charge is -2.42. The van der Waals surface area contributed by atoms with Crippen molar-refractivity contribution >= 4 is 10.8 Å². The van der Waals surface area contributed by atoms with Crippen LogP contribution in [0.5, 0.6) is 5.75 Å². The predicted octanol–water partition coefficient (Wildman–Crippen LogP) is 3.60. The Morgan fingerprint density at radius 1 is 1.12 bits per heavy atom. The molecule has 1 aromatic carbocycles. The van der Waals surface area contributed by atoms with Crippen molar-refractivity contribution in [3.05, 3.63) is 42.6 Å². The van der Waals surface area contributed by atoms with E-state index in [1.165, 1.54) is 0 Å². The second-order valence-corrected chi connectivity index (χ2v) is 9.18. The highest BCUT2D eigenvalue weighted by Crippen LogP contribution is 2.25. The van der Waals surface area contributed by atoms with Crippen LogP contribution in [0.2, 0.25) is 0 Å². The van der Waals surface area contributed by atoms with Gasteiger partial charge in [0.2, 0.25) is 0 Å². The fourth-order valence-corrected chi connectivity index (χ4v) is 3.50. The minimum Gasteiger partial charge on any atom is -0.488 e. The van der Waals surface area contributed by atoms with Crippen LogP contribution in [-0.2, 0) is 10.8 Å². The van der Waals surface area contributed by atoms with Crippen LogP contribution in [0.3, 0.4) is 0 Å². The highest BCUT2D eigenvalue weighted by Gasteiger charge is 2.31. The first kappa shape index (κ1) is 18.1. The topological polar surface area (TPSA) is 42.4 Å². The van der Waals surface area contributed by atoms with Crippen molar-refractivity contribution in [1.29, 1.82) is 0 Å². The molecule has 1 aliphatic rings. The summed E-state index contributed by atoms with van der Waals surface area (Å²) in [5.74, 6) is 0.906. The first-order valence-electron chi connectivity index (χ1n) is 8.59. The number of ether oxygens (including phenoxy) is 1. The molecule has 1 saturated heterocycles. The van der Waals surface area contributed by atoms with E-state index in [2.05, 4.69) is 30.7 Å². The van der Waals surface area contributed by atoms with E-state index in [0.717, 1.165) is 36.5 Å². The lowest BCUT2D eigenvalue weighted by Crippen LogP contribution is -2.55. The molecule has 1 aliphatic heterocycles. The van der Waals surface area contributed by atoms with Gasteiger partial charge in [-0.2, -0.15) is 0 Å². The van der Waals surface area contributed by atoms with Crippen LogP contribution >= 0.6 is 0 Å². The maximum Gasteiger partial charge on any atom is 0.126 e. The zero-order chi connectivity index (χ0) is 18.0. The molecule has 4 nitrogen and oxygen atoms in total. The van der Waals surface area contributed by atoms with E-state index < -0.39 is 10.8 Å². The molecule has 0 spiro atoms. The third-order valence-corrected chi connectivity index (χ3v) is 4.97. The lowest BCUT2D eigenvalue weighted by molar-refractivity contribution is 0.00109. The van der Waals surface area contributed by atoms with Gasteiger partial charge in [-0.3, -0.25) is 9.11 Å². The molecule has 1 atom stereocenters. The number of rotatable bonds is 5. The number of hydrogen-bond donors (Lipinski definition) is 0. The van der Waals surface area contributed by atoms with Crippen LogP contribution in [0.4, 0.5) is 0 Å². The molecule has 0 radical (unpaired) electrons. The van der Waals surface area contributed by atoms with Gasteiger partial charge in [0, 0.05) is 37.7 Å². The first-order chi connectivity index (χ1) is 11.8. The minimum absolute atomic E-state index is 0.286. The number of benzene rings is 1. The molecule has 2 heterocycles. The maximum absolute atomic E-state index is 11.4. The SMILES string of the molecule is CS(=O)c1ccc(-c2ccc(OC3CN(CC(C)(C)C)C3)cc2)cn1. The van der Waals surface area contributed by atoms with Gasteiger partial charge in [0.1, 0.15) is 16.9 Å². The lowest BCUT2D eigenvalue weighted by atomic mass is 9.94. The largest absolute Gasteiger partial charge is 0.488 e. The molecule has 0 N–H and O–H groups in total. The summed E-state index contributed by atoms with van der Waals surface area (Å²) >= 11 is 0. The van der Waals surface area contributed by atoms with Crippen LogP contribution in [-0.4, -0.2) is 46.1 Å². The van der Waals surface area contributed by atoms with Crippen LogP contribution in [0, 0.1) is 5.41 Å². The van der Waals surface area contributed by atoms with E-state index in [-0.39, 0.29) is 6.10 Å². The average Bonchev–Trinajstić information content (AvgIpc) is 2.52. The Morgan fingerprint density at radius 2 is 1.76 bits per heavy atom. The van der Waals surface area contributed by atoms with E-state index in [1.807, 2.05) is 36.4 Å². The molecule has 5 heteroatoms. The molecule has 0 amide bonds. The van der Waals surface area contributed by atoms with Crippen molar-refractivity contribution in [3.63, 3.8) is 0 Å². The van der Waals surface area contributed by atoms with E-state index >= 15 is 0 Å². The Hall–Kier alpha value is -1.72. The van der Waals surface area contributed by atoms with E-state index in [0.29, 0.717) is 10.4 Å². The van der Waals surface area contributed by atoms with Gasteiger partial charge in [0.05, 0.1) is 10.8 Å². The minimum atomic E-state index is -1.04. The normalized spacial score (nSPS) is 17.1. The molecule has 0 aliphatic carbocycles. The summed E-state index contributed by atoms with van der Waals surface area (Å²) in [6, 6.07) is 11.9. The quantitative estimate of drug-likeness (QED) is 0.819. The predicted molar refractivity (Wildman–Crippen MR) is 102 cm³/mol. The molecule has 1 aromatic heterocycles. The van der Waals surface area contributed by atoms with E-state index in [4.69, 9.17) is 4.74 Å². The second-order valence-electron chi connectivity index (χ2n) is 7.86. The molecular weight excluding hydrogens is 332 g/mol. The molecule has 1 unspecified atom stereocenters. The summed E-state index contributed by atoms with van der Waals surface area (Å²) in [4.78, 5) is 6.68. The molecule has 0 bridgehead atoms. The summed E-state index contributed by atoms with van der Waals surface area (Å²) < 4.78 is 17.4. The molecule has 1 fully saturated rings. The number of aromatic nitrogens is 1. The van der Waals surface area contributed by atoms with Crippen LogP contribution in [0.25, 0.3) is 11.1 Å². The Bertz CT molecular complexity index is 730. The smallest absolute Gasteiger partial charge is 0.126 e. The fourth-order valence-electron chi connectivity index (χ4n) is 3.04. The van der Waals surface area contributed by atoms with E-state index in [1.54, 1.807) is 12.5 Å². The van der Waals surface area contributed by atoms with Crippen molar-refractivity contribution in [2.24, 2.45) is 5.41 Å². The Morgan fingerprint density at radius 3 is 2.28 bits per heavy atom. The summed E-state index contributed by atoms with van der Waals surface area (Å²) in [5, 5.41) is 0.605. The van der Waals surface area contributed by atoms with Crippen molar-refractivity contribution in [1.82, 2.24) is 9.88 Å². The molecule has 25 heavy (non-hydrogen) atoms. The molecule has 3 rings (SSSR count). The van der Waals surface area contributed by atoms with E-state index in [9.17, 15) is 4.21 Å². The standard InChI is InChI=1S/C20H26N2O2S/c1-20(2,3)14-22-12-18(13-22)24-17-8-5-15(6-9-17)16-7-10-19(21-11-16)25(4)23/h5-11,18H,12-14H2,1-4H3. The van der Waals surface area contributed by atoms with Gasteiger partial charge in [-0.1, -0.05) is 39.0 Å². The van der Waals surface area contributed by atoms with Crippen LogP contribution < -0.4 is 4.74 Å². The number of nitrogens with zero attached hydrogens (tertiary/aromatic N) is 2. The zero-order valence-electron chi connectivity index (χ0n) is 15.4. The van der Waals surface area contributed by atoms with Crippen LogP contribution in [0.15, 0.2) is 47.6 Å². The number of pyridine rings is 1. The van der Waals surface area contributed by atoms with Crippen molar-refractivity contribution in [2.45, 2.75) is 31.9 Å². The summed E-state index contributed by atoms with van der Waals surface area (Å²) in [6.45, 7) is 9.90. The average molecular weight is 359 g/mol. The van der Waals surface area contributed by atoms with Gasteiger partial charge in [-0.05, 0) is 29.2 Å².